The molecule has 1 heterocycles. The summed E-state index contributed by atoms with van der Waals surface area (Å²) in [6.45, 7) is 3.80. The average Bonchev–Trinajstić information content (AvgIpc) is 2.23. The first-order valence-electron chi connectivity index (χ1n) is 5.66. The molecule has 17 heavy (non-hydrogen) atoms. The van der Waals surface area contributed by atoms with Gasteiger partial charge in [-0.25, -0.2) is 9.59 Å². The molecule has 0 radical (unpaired) electrons. The Bertz CT molecular complexity index is 284. The number of amides is 1. The maximum absolute atomic E-state index is 11.2. The highest BCUT2D eigenvalue weighted by Crippen LogP contribution is 2.27. The molecule has 1 aliphatic rings. The summed E-state index contributed by atoms with van der Waals surface area (Å²) in [5, 5.41) is 11.5. The van der Waals surface area contributed by atoms with E-state index in [2.05, 4.69) is 10.1 Å². The lowest BCUT2D eigenvalue weighted by molar-refractivity contribution is -0.143. The van der Waals surface area contributed by atoms with Crippen LogP contribution < -0.4 is 5.32 Å². The third-order valence-electron chi connectivity index (χ3n) is 2.93. The van der Waals surface area contributed by atoms with E-state index in [1.54, 1.807) is 0 Å². The van der Waals surface area contributed by atoms with Crippen LogP contribution in [-0.2, 0) is 14.3 Å². The van der Waals surface area contributed by atoms with Gasteiger partial charge in [0.1, 0.15) is 6.04 Å². The monoisotopic (exact) mass is 245 g/mol. The van der Waals surface area contributed by atoms with Crippen LogP contribution in [0.2, 0.25) is 0 Å². The molecule has 98 valence electrons. The van der Waals surface area contributed by atoms with Gasteiger partial charge in [-0.1, -0.05) is 0 Å². The van der Waals surface area contributed by atoms with Gasteiger partial charge in [0.05, 0.1) is 19.3 Å². The van der Waals surface area contributed by atoms with E-state index in [1.807, 2.05) is 13.8 Å². The van der Waals surface area contributed by atoms with Crippen molar-refractivity contribution in [1.82, 2.24) is 5.32 Å². The first-order valence-corrected chi connectivity index (χ1v) is 5.66. The molecule has 6 nitrogen and oxygen atoms in total. The summed E-state index contributed by atoms with van der Waals surface area (Å²) in [4.78, 5) is 22.3. The number of carboxylic acid groups (broad SMARTS) is 1. The van der Waals surface area contributed by atoms with E-state index in [0.717, 1.165) is 0 Å². The Kier molecular flexibility index (Phi) is 4.74. The quantitative estimate of drug-likeness (QED) is 0.774. The summed E-state index contributed by atoms with van der Waals surface area (Å²) in [7, 11) is 1.21. The summed E-state index contributed by atoms with van der Waals surface area (Å²) in [5.74, 6) is -1.17. The molecular formula is C11H19NO5. The number of rotatable bonds is 3. The largest absolute Gasteiger partial charge is 0.480 e. The number of alkyl carbamates (subject to hydrolysis) is 1. The van der Waals surface area contributed by atoms with Crippen LogP contribution in [0.1, 0.15) is 26.7 Å². The zero-order valence-electron chi connectivity index (χ0n) is 10.3. The van der Waals surface area contributed by atoms with Gasteiger partial charge < -0.3 is 19.9 Å². The van der Waals surface area contributed by atoms with Gasteiger partial charge in [0.25, 0.3) is 0 Å². The van der Waals surface area contributed by atoms with Crippen LogP contribution in [-0.4, -0.2) is 42.5 Å². The average molecular weight is 245 g/mol. The van der Waals surface area contributed by atoms with Gasteiger partial charge >= 0.3 is 12.1 Å². The van der Waals surface area contributed by atoms with Crippen LogP contribution in [0.15, 0.2) is 0 Å². The second-order valence-corrected chi connectivity index (χ2v) is 4.44. The molecule has 0 aliphatic carbocycles. The van der Waals surface area contributed by atoms with Crippen LogP contribution in [0, 0.1) is 5.92 Å². The molecule has 0 aromatic rings. The van der Waals surface area contributed by atoms with Crippen molar-refractivity contribution in [3.63, 3.8) is 0 Å². The van der Waals surface area contributed by atoms with Gasteiger partial charge in [0.2, 0.25) is 0 Å². The Morgan fingerprint density at radius 3 is 2.29 bits per heavy atom. The predicted octanol–water partition coefficient (Wildman–Crippen LogP) is 0.999. The van der Waals surface area contributed by atoms with Crippen molar-refractivity contribution in [2.75, 3.05) is 7.11 Å². The van der Waals surface area contributed by atoms with Crippen molar-refractivity contribution in [2.24, 2.45) is 5.92 Å². The molecule has 0 aromatic heterocycles. The highest BCUT2D eigenvalue weighted by Gasteiger charge is 2.35. The molecule has 6 heteroatoms. The van der Waals surface area contributed by atoms with Crippen molar-refractivity contribution in [3.05, 3.63) is 0 Å². The number of hydrogen-bond acceptors (Lipinski definition) is 4. The normalized spacial score (nSPS) is 30.4. The van der Waals surface area contributed by atoms with Crippen molar-refractivity contribution >= 4 is 12.1 Å². The number of carbonyl (C=O) groups is 2. The number of carbonyl (C=O) groups excluding carboxylic acids is 1. The van der Waals surface area contributed by atoms with Gasteiger partial charge in [-0.15, -0.1) is 0 Å². The van der Waals surface area contributed by atoms with Gasteiger partial charge in [-0.2, -0.15) is 0 Å². The minimum Gasteiger partial charge on any atom is -0.480 e. The molecule has 0 saturated carbocycles. The summed E-state index contributed by atoms with van der Waals surface area (Å²) in [6, 6.07) is -0.920. The smallest absolute Gasteiger partial charge is 0.407 e. The third-order valence-corrected chi connectivity index (χ3v) is 2.93. The zero-order chi connectivity index (χ0) is 13.0. The Morgan fingerprint density at radius 1 is 1.35 bits per heavy atom. The second-order valence-electron chi connectivity index (χ2n) is 4.44. The van der Waals surface area contributed by atoms with Gasteiger partial charge in [0.15, 0.2) is 0 Å². The standard InChI is InChI=1S/C11H19NO5/c1-6-4-8(5-7(2)17-6)9(10(13)14)12-11(15)16-3/h6-9H,4-5H2,1-3H3,(H,12,15)(H,13,14)/t6-,7+,8+,9-/m1/s1. The number of nitrogens with one attached hydrogen (secondary N) is 1. The van der Waals surface area contributed by atoms with E-state index in [-0.39, 0.29) is 18.1 Å². The Balaban J connectivity index is 2.69. The number of ether oxygens (including phenoxy) is 2. The van der Waals surface area contributed by atoms with E-state index in [9.17, 15) is 9.59 Å². The number of aliphatic carboxylic acids is 1. The molecule has 0 aromatic carbocycles. The summed E-state index contributed by atoms with van der Waals surface area (Å²) < 4.78 is 9.97. The summed E-state index contributed by atoms with van der Waals surface area (Å²) in [6.07, 6.45) is 0.524. The minimum atomic E-state index is -1.04. The van der Waals surface area contributed by atoms with Crippen LogP contribution in [0.4, 0.5) is 4.79 Å². The van der Waals surface area contributed by atoms with Crippen LogP contribution >= 0.6 is 0 Å². The van der Waals surface area contributed by atoms with E-state index in [4.69, 9.17) is 9.84 Å². The van der Waals surface area contributed by atoms with E-state index >= 15 is 0 Å². The summed E-state index contributed by atoms with van der Waals surface area (Å²) >= 11 is 0. The van der Waals surface area contributed by atoms with Gasteiger partial charge in [-0.05, 0) is 32.6 Å². The van der Waals surface area contributed by atoms with Crippen molar-refractivity contribution in [3.8, 4) is 0 Å². The highest BCUT2D eigenvalue weighted by atomic mass is 16.5. The molecule has 4 atom stereocenters. The number of hydrogen-bond donors (Lipinski definition) is 2. The molecule has 1 amide bonds. The fraction of sp³-hybridized carbons (Fsp3) is 0.818. The van der Waals surface area contributed by atoms with Gasteiger partial charge in [-0.3, -0.25) is 0 Å². The van der Waals surface area contributed by atoms with Crippen molar-refractivity contribution in [2.45, 2.75) is 44.9 Å². The topological polar surface area (TPSA) is 84.9 Å². The molecule has 1 aliphatic heterocycles. The van der Waals surface area contributed by atoms with Crippen LogP contribution in [0.25, 0.3) is 0 Å². The fourth-order valence-electron chi connectivity index (χ4n) is 2.30. The molecule has 2 N–H and O–H groups in total. The van der Waals surface area contributed by atoms with E-state index in [1.165, 1.54) is 7.11 Å². The lowest BCUT2D eigenvalue weighted by Gasteiger charge is -2.35. The van der Waals surface area contributed by atoms with Crippen molar-refractivity contribution in [1.29, 1.82) is 0 Å². The maximum atomic E-state index is 11.2. The lowest BCUT2D eigenvalue weighted by Crippen LogP contribution is -2.49. The van der Waals surface area contributed by atoms with Crippen molar-refractivity contribution < 1.29 is 24.2 Å². The fourth-order valence-corrected chi connectivity index (χ4v) is 2.30. The molecule has 1 rings (SSSR count). The Hall–Kier alpha value is -1.30. The predicted molar refractivity (Wildman–Crippen MR) is 59.7 cm³/mol. The molecule has 1 saturated heterocycles. The van der Waals surface area contributed by atoms with E-state index < -0.39 is 18.1 Å². The first kappa shape index (κ1) is 13.8. The molecule has 0 bridgehead atoms. The van der Waals surface area contributed by atoms with Crippen LogP contribution in [0.3, 0.4) is 0 Å². The summed E-state index contributed by atoms with van der Waals surface area (Å²) in [5.41, 5.74) is 0. The molecule has 1 fully saturated rings. The SMILES string of the molecule is COC(=O)N[C@@H](C(=O)O)[C@H]1C[C@@H](C)O[C@@H](C)C1. The van der Waals surface area contributed by atoms with Gasteiger partial charge in [0, 0.05) is 0 Å². The molecular weight excluding hydrogens is 226 g/mol. The lowest BCUT2D eigenvalue weighted by atomic mass is 9.86. The third kappa shape index (κ3) is 3.89. The Morgan fingerprint density at radius 2 is 1.88 bits per heavy atom. The number of methoxy groups -OCH3 is 1. The first-order chi connectivity index (χ1) is 7.93. The second kappa shape index (κ2) is 5.86. The number of carboxylic acids is 1. The minimum absolute atomic E-state index is 0.00467. The maximum Gasteiger partial charge on any atom is 0.407 e. The van der Waals surface area contributed by atoms with E-state index in [0.29, 0.717) is 12.8 Å². The highest BCUT2D eigenvalue weighted by molar-refractivity contribution is 5.80. The Labute approximate surface area is 100 Å². The zero-order valence-corrected chi connectivity index (χ0v) is 10.3. The molecule has 0 spiro atoms. The molecule has 0 unspecified atom stereocenters. The van der Waals surface area contributed by atoms with Crippen LogP contribution in [0.5, 0.6) is 0 Å².